The molecule has 17 heavy (non-hydrogen) atoms. The average Bonchev–Trinajstić information content (AvgIpc) is 2.42. The summed E-state index contributed by atoms with van der Waals surface area (Å²) in [6, 6.07) is 1.82. The maximum Gasteiger partial charge on any atom is 0.238 e. The van der Waals surface area contributed by atoms with E-state index in [0.717, 1.165) is 25.0 Å². The van der Waals surface area contributed by atoms with Gasteiger partial charge in [-0.2, -0.15) is 5.10 Å². The monoisotopic (exact) mass is 252 g/mol. The van der Waals surface area contributed by atoms with Crippen molar-refractivity contribution in [2.24, 2.45) is 18.2 Å². The molecule has 3 N–H and O–H groups in total. The largest absolute Gasteiger partial charge is 0.392 e. The molecule has 6 heteroatoms. The van der Waals surface area contributed by atoms with Gasteiger partial charge in [-0.15, -0.1) is 0 Å². The number of carbonyl (C=O) groups is 1. The minimum absolute atomic E-state index is 0.112. The van der Waals surface area contributed by atoms with E-state index in [1.165, 1.54) is 0 Å². The van der Waals surface area contributed by atoms with E-state index in [0.29, 0.717) is 10.8 Å². The Morgan fingerprint density at radius 3 is 2.65 bits per heavy atom. The zero-order valence-corrected chi connectivity index (χ0v) is 10.8. The predicted molar refractivity (Wildman–Crippen MR) is 69.6 cm³/mol. The molecule has 0 bridgehead atoms. The summed E-state index contributed by atoms with van der Waals surface area (Å²) in [5.41, 5.74) is 5.90. The molecule has 1 fully saturated rings. The first kappa shape index (κ1) is 12.0. The van der Waals surface area contributed by atoms with Crippen molar-refractivity contribution in [1.29, 1.82) is 0 Å². The van der Waals surface area contributed by atoms with Gasteiger partial charge in [-0.1, -0.05) is 18.6 Å². The maximum absolute atomic E-state index is 12.2. The molecule has 2 rings (SSSR count). The van der Waals surface area contributed by atoms with Gasteiger partial charge < -0.3 is 11.1 Å². The van der Waals surface area contributed by atoms with Gasteiger partial charge in [-0.25, -0.2) is 0 Å². The van der Waals surface area contributed by atoms with Crippen LogP contribution in [0.15, 0.2) is 6.07 Å². The van der Waals surface area contributed by atoms with Gasteiger partial charge in [0.2, 0.25) is 5.91 Å². The number of carbonyl (C=O) groups excluding carboxylic acids is 1. The lowest BCUT2D eigenvalue weighted by atomic mass is 9.68. The number of rotatable bonds is 3. The van der Waals surface area contributed by atoms with Gasteiger partial charge in [0.25, 0.3) is 0 Å². The molecule has 1 saturated carbocycles. The van der Waals surface area contributed by atoms with Crippen LogP contribution in [0.25, 0.3) is 0 Å². The molecular weight excluding hydrogens is 236 g/mol. The van der Waals surface area contributed by atoms with E-state index in [4.69, 9.17) is 18.0 Å². The molecule has 0 spiro atoms. The van der Waals surface area contributed by atoms with Crippen LogP contribution in [0.5, 0.6) is 0 Å². The van der Waals surface area contributed by atoms with Crippen molar-refractivity contribution in [3.63, 3.8) is 0 Å². The van der Waals surface area contributed by atoms with Crippen LogP contribution in [-0.2, 0) is 11.8 Å². The maximum atomic E-state index is 12.2. The first-order chi connectivity index (χ1) is 7.95. The van der Waals surface area contributed by atoms with Gasteiger partial charge in [0.05, 0.1) is 16.1 Å². The highest BCUT2D eigenvalue weighted by molar-refractivity contribution is 7.80. The topological polar surface area (TPSA) is 72.9 Å². The number of aromatic nitrogens is 2. The van der Waals surface area contributed by atoms with Crippen LogP contribution >= 0.6 is 12.2 Å². The summed E-state index contributed by atoms with van der Waals surface area (Å²) >= 11 is 5.01. The van der Waals surface area contributed by atoms with Gasteiger partial charge >= 0.3 is 0 Å². The minimum Gasteiger partial charge on any atom is -0.392 e. The molecule has 0 aliphatic heterocycles. The Bertz CT molecular complexity index is 476. The minimum atomic E-state index is -0.645. The fraction of sp³-hybridized carbons (Fsp3) is 0.545. The van der Waals surface area contributed by atoms with Crippen molar-refractivity contribution < 1.29 is 4.79 Å². The molecule has 1 aromatic heterocycles. The Morgan fingerprint density at radius 2 is 2.29 bits per heavy atom. The van der Waals surface area contributed by atoms with Crippen LogP contribution in [0, 0.1) is 12.3 Å². The molecule has 0 atom stereocenters. The third-order valence-electron chi connectivity index (χ3n) is 3.36. The zero-order valence-electron chi connectivity index (χ0n) is 9.99. The predicted octanol–water partition coefficient (Wildman–Crippen LogP) is 1.12. The number of anilines is 1. The molecule has 1 aliphatic carbocycles. The molecule has 1 aromatic rings. The van der Waals surface area contributed by atoms with Gasteiger partial charge in [0.15, 0.2) is 0 Å². The van der Waals surface area contributed by atoms with Crippen LogP contribution in [0.2, 0.25) is 0 Å². The Balaban J connectivity index is 2.16. The number of nitrogens with one attached hydrogen (secondary N) is 1. The first-order valence-corrected chi connectivity index (χ1v) is 5.98. The molecule has 0 aromatic carbocycles. The Labute approximate surface area is 105 Å². The zero-order chi connectivity index (χ0) is 12.6. The quantitative estimate of drug-likeness (QED) is 0.791. The molecule has 0 radical (unpaired) electrons. The van der Waals surface area contributed by atoms with Crippen molar-refractivity contribution in [1.82, 2.24) is 9.78 Å². The highest BCUT2D eigenvalue weighted by Gasteiger charge is 2.47. The number of aryl methyl sites for hydroxylation is 2. The SMILES string of the molecule is Cc1cc(NC(=O)C2(C(N)=S)CCC2)n(C)n1. The van der Waals surface area contributed by atoms with E-state index in [-0.39, 0.29) is 5.91 Å². The number of hydrogen-bond donors (Lipinski definition) is 2. The average molecular weight is 252 g/mol. The van der Waals surface area contributed by atoms with Crippen molar-refractivity contribution in [2.45, 2.75) is 26.2 Å². The standard InChI is InChI=1S/C11H16N4OS/c1-7-6-8(15(2)14-7)13-10(16)11(9(12)17)4-3-5-11/h6H,3-5H2,1-2H3,(H2,12,17)(H,13,16). The van der Waals surface area contributed by atoms with Gasteiger partial charge in [0, 0.05) is 13.1 Å². The molecule has 5 nitrogen and oxygen atoms in total. The number of nitrogens with zero attached hydrogens (tertiary/aromatic N) is 2. The Morgan fingerprint density at radius 1 is 1.65 bits per heavy atom. The van der Waals surface area contributed by atoms with Crippen LogP contribution in [0.1, 0.15) is 25.0 Å². The fourth-order valence-corrected chi connectivity index (χ4v) is 2.38. The third-order valence-corrected chi connectivity index (χ3v) is 3.75. The van der Waals surface area contributed by atoms with E-state index in [1.807, 2.05) is 13.0 Å². The summed E-state index contributed by atoms with van der Waals surface area (Å²) in [6.45, 7) is 1.88. The van der Waals surface area contributed by atoms with Crippen molar-refractivity contribution in [3.05, 3.63) is 11.8 Å². The second kappa shape index (κ2) is 4.10. The summed E-state index contributed by atoms with van der Waals surface area (Å²) in [6.07, 6.45) is 2.48. The van der Waals surface area contributed by atoms with Gasteiger partial charge in [0.1, 0.15) is 5.82 Å². The number of thiocarbonyl (C=S) groups is 1. The highest BCUT2D eigenvalue weighted by atomic mass is 32.1. The van der Waals surface area contributed by atoms with E-state index < -0.39 is 5.41 Å². The first-order valence-electron chi connectivity index (χ1n) is 5.58. The van der Waals surface area contributed by atoms with Crippen LogP contribution in [-0.4, -0.2) is 20.7 Å². The van der Waals surface area contributed by atoms with E-state index in [9.17, 15) is 4.79 Å². The Kier molecular flexibility index (Phi) is 2.91. The third kappa shape index (κ3) is 1.93. The molecule has 1 amide bonds. The molecule has 1 heterocycles. The molecule has 0 unspecified atom stereocenters. The lowest BCUT2D eigenvalue weighted by molar-refractivity contribution is -0.125. The summed E-state index contributed by atoms with van der Waals surface area (Å²) in [5.74, 6) is 0.564. The summed E-state index contributed by atoms with van der Waals surface area (Å²) in [5, 5.41) is 7.02. The van der Waals surface area contributed by atoms with Crippen LogP contribution in [0.4, 0.5) is 5.82 Å². The Hall–Kier alpha value is -1.43. The number of hydrogen-bond acceptors (Lipinski definition) is 3. The number of amides is 1. The van der Waals surface area contributed by atoms with Crippen molar-refractivity contribution in [3.8, 4) is 0 Å². The van der Waals surface area contributed by atoms with Gasteiger partial charge in [-0.05, 0) is 19.8 Å². The molecule has 1 aliphatic rings. The lowest BCUT2D eigenvalue weighted by Crippen LogP contribution is -2.50. The molecular formula is C11H16N4OS. The van der Waals surface area contributed by atoms with E-state index >= 15 is 0 Å². The summed E-state index contributed by atoms with van der Waals surface area (Å²) in [7, 11) is 1.79. The van der Waals surface area contributed by atoms with Crippen LogP contribution in [0.3, 0.4) is 0 Å². The molecule has 92 valence electrons. The van der Waals surface area contributed by atoms with E-state index in [2.05, 4.69) is 10.4 Å². The van der Waals surface area contributed by atoms with Crippen LogP contribution < -0.4 is 11.1 Å². The number of nitrogens with two attached hydrogens (primary N) is 1. The smallest absolute Gasteiger partial charge is 0.238 e. The lowest BCUT2D eigenvalue weighted by Gasteiger charge is -2.38. The second-order valence-corrected chi connectivity index (χ2v) is 4.99. The van der Waals surface area contributed by atoms with E-state index in [1.54, 1.807) is 11.7 Å². The van der Waals surface area contributed by atoms with Crippen molar-refractivity contribution >= 4 is 28.9 Å². The highest BCUT2D eigenvalue weighted by Crippen LogP contribution is 2.42. The van der Waals surface area contributed by atoms with Gasteiger partial charge in [-0.3, -0.25) is 9.48 Å². The second-order valence-electron chi connectivity index (χ2n) is 4.55. The normalized spacial score (nSPS) is 17.3. The van der Waals surface area contributed by atoms with Crippen molar-refractivity contribution in [2.75, 3.05) is 5.32 Å². The molecule has 0 saturated heterocycles. The fourth-order valence-electron chi connectivity index (χ4n) is 2.08. The summed E-state index contributed by atoms with van der Waals surface area (Å²) < 4.78 is 1.64. The summed E-state index contributed by atoms with van der Waals surface area (Å²) in [4.78, 5) is 12.5.